The minimum Gasteiger partial charge on any atom is -0.348 e. The van der Waals surface area contributed by atoms with Gasteiger partial charge in [-0.05, 0) is 29.8 Å². The number of nitriles is 1. The molecule has 2 heterocycles. The summed E-state index contributed by atoms with van der Waals surface area (Å²) < 4.78 is 0. The Morgan fingerprint density at radius 3 is 2.64 bits per heavy atom. The van der Waals surface area contributed by atoms with Crippen LogP contribution in [0.15, 0.2) is 48.9 Å². The van der Waals surface area contributed by atoms with E-state index in [0.717, 1.165) is 22.5 Å². The van der Waals surface area contributed by atoms with Crippen LogP contribution in [0.1, 0.15) is 22.4 Å². The molecule has 0 fully saturated rings. The lowest BCUT2D eigenvalue weighted by molar-refractivity contribution is 1.10. The summed E-state index contributed by atoms with van der Waals surface area (Å²) in [4.78, 5) is 11.8. The van der Waals surface area contributed by atoms with E-state index in [1.54, 1.807) is 24.7 Å². The molecule has 0 atom stereocenters. The van der Waals surface area contributed by atoms with Crippen LogP contribution >= 0.6 is 0 Å². The molecular formula is C18H12N4. The molecule has 2 aromatic heterocycles. The Bertz CT molecular complexity index is 876. The number of aromatic nitrogens is 3. The van der Waals surface area contributed by atoms with Crippen LogP contribution in [-0.4, -0.2) is 15.0 Å². The topological polar surface area (TPSA) is 65.4 Å². The highest BCUT2D eigenvalue weighted by molar-refractivity contribution is 5.59. The second-order valence-corrected chi connectivity index (χ2v) is 4.79. The van der Waals surface area contributed by atoms with Crippen LogP contribution in [-0.2, 0) is 6.42 Å². The molecule has 104 valence electrons. The van der Waals surface area contributed by atoms with Crippen LogP contribution in [0.25, 0.3) is 11.4 Å². The summed E-state index contributed by atoms with van der Waals surface area (Å²) in [5.41, 5.74) is 4.96. The molecule has 0 unspecified atom stereocenters. The zero-order chi connectivity index (χ0) is 15.4. The first-order valence-corrected chi connectivity index (χ1v) is 6.74. The van der Waals surface area contributed by atoms with Gasteiger partial charge in [-0.1, -0.05) is 18.1 Å². The molecule has 4 heteroatoms. The van der Waals surface area contributed by atoms with E-state index in [4.69, 9.17) is 11.7 Å². The molecule has 4 nitrogen and oxygen atoms in total. The van der Waals surface area contributed by atoms with E-state index < -0.39 is 0 Å². The first-order valence-electron chi connectivity index (χ1n) is 6.74. The van der Waals surface area contributed by atoms with Gasteiger partial charge >= 0.3 is 0 Å². The largest absolute Gasteiger partial charge is 0.348 e. The molecule has 3 rings (SSSR count). The number of pyridine rings is 1. The fourth-order valence-electron chi connectivity index (χ4n) is 2.23. The fraction of sp³-hybridized carbons (Fsp3) is 0.0556. The first kappa shape index (κ1) is 13.6. The van der Waals surface area contributed by atoms with Gasteiger partial charge in [0.05, 0.1) is 23.7 Å². The van der Waals surface area contributed by atoms with E-state index in [-0.39, 0.29) is 0 Å². The smallest absolute Gasteiger partial charge is 0.110 e. The minimum atomic E-state index is 0.567. The van der Waals surface area contributed by atoms with Crippen LogP contribution in [0, 0.1) is 23.7 Å². The number of aromatic amines is 1. The molecule has 0 amide bonds. The SMILES string of the molecule is C#Cc1ccc(Cc2[nH]cnc2-c2cc(C#N)ccn2)cc1. The number of imidazole rings is 1. The van der Waals surface area contributed by atoms with Crippen molar-refractivity contribution in [3.05, 3.63) is 71.3 Å². The molecule has 1 aromatic carbocycles. The van der Waals surface area contributed by atoms with Crippen LogP contribution in [0.4, 0.5) is 0 Å². The molecule has 3 aromatic rings. The van der Waals surface area contributed by atoms with Crippen molar-refractivity contribution in [2.45, 2.75) is 6.42 Å². The summed E-state index contributed by atoms with van der Waals surface area (Å²) in [7, 11) is 0. The molecular weight excluding hydrogens is 272 g/mol. The van der Waals surface area contributed by atoms with Crippen molar-refractivity contribution in [3.63, 3.8) is 0 Å². The quantitative estimate of drug-likeness (QED) is 0.752. The third-order valence-electron chi connectivity index (χ3n) is 3.35. The predicted molar refractivity (Wildman–Crippen MR) is 83.7 cm³/mol. The summed E-state index contributed by atoms with van der Waals surface area (Å²) in [5.74, 6) is 2.60. The Labute approximate surface area is 128 Å². The molecule has 22 heavy (non-hydrogen) atoms. The summed E-state index contributed by atoms with van der Waals surface area (Å²) in [6.07, 6.45) is 9.31. The van der Waals surface area contributed by atoms with Gasteiger partial charge in [0.1, 0.15) is 5.69 Å². The van der Waals surface area contributed by atoms with Gasteiger partial charge in [0, 0.05) is 23.9 Å². The monoisotopic (exact) mass is 284 g/mol. The number of nitrogens with one attached hydrogen (secondary N) is 1. The molecule has 0 aliphatic heterocycles. The van der Waals surface area contributed by atoms with Gasteiger partial charge in [-0.15, -0.1) is 6.42 Å². The highest BCUT2D eigenvalue weighted by Gasteiger charge is 2.11. The van der Waals surface area contributed by atoms with E-state index in [2.05, 4.69) is 26.9 Å². The molecule has 0 radical (unpaired) electrons. The van der Waals surface area contributed by atoms with Crippen molar-refractivity contribution in [1.29, 1.82) is 5.26 Å². The Hall–Kier alpha value is -3.37. The lowest BCUT2D eigenvalue weighted by Gasteiger charge is -2.04. The van der Waals surface area contributed by atoms with Crippen LogP contribution in [0.5, 0.6) is 0 Å². The average Bonchev–Trinajstić information content (AvgIpc) is 3.04. The van der Waals surface area contributed by atoms with Crippen molar-refractivity contribution in [3.8, 4) is 29.8 Å². The number of hydrogen-bond donors (Lipinski definition) is 1. The van der Waals surface area contributed by atoms with Gasteiger partial charge in [-0.3, -0.25) is 4.98 Å². The Kier molecular flexibility index (Phi) is 3.68. The molecule has 1 N–H and O–H groups in total. The highest BCUT2D eigenvalue weighted by atomic mass is 14.9. The summed E-state index contributed by atoms with van der Waals surface area (Å²) >= 11 is 0. The number of nitrogens with zero attached hydrogens (tertiary/aromatic N) is 3. The molecule has 0 bridgehead atoms. The van der Waals surface area contributed by atoms with Crippen molar-refractivity contribution in [1.82, 2.24) is 15.0 Å². The van der Waals surface area contributed by atoms with Crippen molar-refractivity contribution in [2.24, 2.45) is 0 Å². The van der Waals surface area contributed by atoms with Crippen molar-refractivity contribution >= 4 is 0 Å². The van der Waals surface area contributed by atoms with Gasteiger partial charge in [-0.2, -0.15) is 5.26 Å². The second kappa shape index (κ2) is 5.95. The summed E-state index contributed by atoms with van der Waals surface area (Å²) in [6.45, 7) is 0. The van der Waals surface area contributed by atoms with Gasteiger partial charge in [0.15, 0.2) is 0 Å². The number of hydrogen-bond acceptors (Lipinski definition) is 3. The van der Waals surface area contributed by atoms with E-state index in [9.17, 15) is 0 Å². The van der Waals surface area contributed by atoms with Crippen LogP contribution in [0.3, 0.4) is 0 Å². The lowest BCUT2D eigenvalue weighted by Crippen LogP contribution is -1.94. The zero-order valence-corrected chi connectivity index (χ0v) is 11.7. The van der Waals surface area contributed by atoms with Crippen molar-refractivity contribution in [2.75, 3.05) is 0 Å². The second-order valence-electron chi connectivity index (χ2n) is 4.79. The highest BCUT2D eigenvalue weighted by Crippen LogP contribution is 2.21. The number of rotatable bonds is 3. The fourth-order valence-corrected chi connectivity index (χ4v) is 2.23. The number of benzene rings is 1. The predicted octanol–water partition coefficient (Wildman–Crippen LogP) is 2.92. The van der Waals surface area contributed by atoms with Gasteiger partial charge < -0.3 is 4.98 Å². The maximum Gasteiger partial charge on any atom is 0.110 e. The van der Waals surface area contributed by atoms with E-state index in [0.29, 0.717) is 17.7 Å². The van der Waals surface area contributed by atoms with Gasteiger partial charge in [0.2, 0.25) is 0 Å². The molecule has 0 aliphatic rings. The molecule has 0 aliphatic carbocycles. The van der Waals surface area contributed by atoms with Crippen LogP contribution in [0.2, 0.25) is 0 Å². The Morgan fingerprint density at radius 2 is 1.91 bits per heavy atom. The Balaban J connectivity index is 1.91. The number of terminal acetylenes is 1. The third kappa shape index (κ3) is 2.72. The molecule has 0 saturated heterocycles. The molecule has 0 saturated carbocycles. The zero-order valence-electron chi connectivity index (χ0n) is 11.7. The van der Waals surface area contributed by atoms with E-state index in [1.165, 1.54) is 0 Å². The summed E-state index contributed by atoms with van der Waals surface area (Å²) in [6, 6.07) is 13.4. The van der Waals surface area contributed by atoms with Gasteiger partial charge in [0.25, 0.3) is 0 Å². The maximum atomic E-state index is 8.99. The third-order valence-corrected chi connectivity index (χ3v) is 3.35. The van der Waals surface area contributed by atoms with Crippen LogP contribution < -0.4 is 0 Å². The summed E-state index contributed by atoms with van der Waals surface area (Å²) in [5, 5.41) is 8.99. The molecule has 0 spiro atoms. The van der Waals surface area contributed by atoms with E-state index in [1.807, 2.05) is 24.3 Å². The maximum absolute atomic E-state index is 8.99. The first-order chi connectivity index (χ1) is 10.8. The normalized spacial score (nSPS) is 9.91. The number of H-pyrrole nitrogens is 1. The standard InChI is InChI=1S/C18H12N4/c1-2-13-3-5-14(6-4-13)9-17-18(22-12-21-17)16-10-15(11-19)7-8-20-16/h1,3-8,10,12H,9H2,(H,21,22). The van der Waals surface area contributed by atoms with E-state index >= 15 is 0 Å². The van der Waals surface area contributed by atoms with Crippen molar-refractivity contribution < 1.29 is 0 Å². The minimum absolute atomic E-state index is 0.567. The lowest BCUT2D eigenvalue weighted by atomic mass is 10.0. The Morgan fingerprint density at radius 1 is 1.09 bits per heavy atom. The average molecular weight is 284 g/mol. The van der Waals surface area contributed by atoms with Gasteiger partial charge in [-0.25, -0.2) is 4.98 Å².